The maximum atomic E-state index is 5.65. The number of aromatic nitrogens is 1. The molecule has 2 rings (SSSR count). The molecule has 2 aromatic rings. The fourth-order valence-electron chi connectivity index (χ4n) is 2.28. The van der Waals surface area contributed by atoms with E-state index in [9.17, 15) is 0 Å². The van der Waals surface area contributed by atoms with Gasteiger partial charge in [0.05, 0.1) is 6.04 Å². The summed E-state index contributed by atoms with van der Waals surface area (Å²) in [6.45, 7) is 4.23. The van der Waals surface area contributed by atoms with Gasteiger partial charge in [-0.25, -0.2) is 0 Å². The van der Waals surface area contributed by atoms with Crippen LogP contribution in [0.1, 0.15) is 28.3 Å². The van der Waals surface area contributed by atoms with Gasteiger partial charge < -0.3 is 0 Å². The van der Waals surface area contributed by atoms with Crippen molar-refractivity contribution in [1.29, 1.82) is 0 Å². The Labute approximate surface area is 108 Å². The standard InChI is InChI=1S/C15H19N3/c1-11-6-12(2)8-13(7-11)9-15(18-16)14-4-3-5-17-10-14/h3-8,10,15,18H,9,16H2,1-2H3. The maximum absolute atomic E-state index is 5.65. The lowest BCUT2D eigenvalue weighted by Crippen LogP contribution is -2.29. The molecule has 1 unspecified atom stereocenters. The minimum absolute atomic E-state index is 0.0971. The fraction of sp³-hybridized carbons (Fsp3) is 0.267. The molecule has 0 amide bonds. The molecule has 0 saturated carbocycles. The van der Waals surface area contributed by atoms with E-state index in [2.05, 4.69) is 42.5 Å². The van der Waals surface area contributed by atoms with E-state index < -0.39 is 0 Å². The van der Waals surface area contributed by atoms with E-state index in [0.29, 0.717) is 0 Å². The Kier molecular flexibility index (Phi) is 4.07. The van der Waals surface area contributed by atoms with Crippen molar-refractivity contribution in [3.63, 3.8) is 0 Å². The van der Waals surface area contributed by atoms with Crippen molar-refractivity contribution in [2.24, 2.45) is 5.84 Å². The van der Waals surface area contributed by atoms with Crippen LogP contribution in [-0.4, -0.2) is 4.98 Å². The fourth-order valence-corrected chi connectivity index (χ4v) is 2.28. The summed E-state index contributed by atoms with van der Waals surface area (Å²) in [5.74, 6) is 5.65. The quantitative estimate of drug-likeness (QED) is 0.638. The van der Waals surface area contributed by atoms with Crippen molar-refractivity contribution in [2.45, 2.75) is 26.3 Å². The highest BCUT2D eigenvalue weighted by molar-refractivity contribution is 5.30. The molecule has 18 heavy (non-hydrogen) atoms. The minimum Gasteiger partial charge on any atom is -0.271 e. The normalized spacial score (nSPS) is 12.4. The van der Waals surface area contributed by atoms with Gasteiger partial charge in [0.1, 0.15) is 0 Å². The number of hydrazine groups is 1. The first-order chi connectivity index (χ1) is 8.69. The van der Waals surface area contributed by atoms with Crippen molar-refractivity contribution in [2.75, 3.05) is 0 Å². The van der Waals surface area contributed by atoms with Crippen LogP contribution in [-0.2, 0) is 6.42 Å². The molecule has 94 valence electrons. The van der Waals surface area contributed by atoms with Gasteiger partial charge in [-0.2, -0.15) is 0 Å². The summed E-state index contributed by atoms with van der Waals surface area (Å²) in [6.07, 6.45) is 4.49. The summed E-state index contributed by atoms with van der Waals surface area (Å²) in [7, 11) is 0. The summed E-state index contributed by atoms with van der Waals surface area (Å²) in [4.78, 5) is 4.13. The van der Waals surface area contributed by atoms with Gasteiger partial charge >= 0.3 is 0 Å². The molecular weight excluding hydrogens is 222 g/mol. The van der Waals surface area contributed by atoms with Gasteiger partial charge in [-0.1, -0.05) is 35.4 Å². The van der Waals surface area contributed by atoms with Crippen LogP contribution >= 0.6 is 0 Å². The highest BCUT2D eigenvalue weighted by Gasteiger charge is 2.10. The summed E-state index contributed by atoms with van der Waals surface area (Å²) < 4.78 is 0. The van der Waals surface area contributed by atoms with E-state index in [4.69, 9.17) is 5.84 Å². The van der Waals surface area contributed by atoms with E-state index in [1.54, 1.807) is 6.20 Å². The number of benzene rings is 1. The second-order valence-corrected chi connectivity index (χ2v) is 4.71. The molecular formula is C15H19N3. The average molecular weight is 241 g/mol. The largest absolute Gasteiger partial charge is 0.271 e. The van der Waals surface area contributed by atoms with Crippen LogP contribution < -0.4 is 11.3 Å². The lowest BCUT2D eigenvalue weighted by molar-refractivity contribution is 0.550. The predicted octanol–water partition coefficient (Wildman–Crippen LogP) is 2.45. The number of rotatable bonds is 4. The molecule has 1 aromatic carbocycles. The van der Waals surface area contributed by atoms with Crippen molar-refractivity contribution in [3.8, 4) is 0 Å². The Morgan fingerprint density at radius 3 is 2.50 bits per heavy atom. The number of nitrogens with one attached hydrogen (secondary N) is 1. The minimum atomic E-state index is 0.0971. The topological polar surface area (TPSA) is 50.9 Å². The Balaban J connectivity index is 2.20. The third kappa shape index (κ3) is 3.15. The molecule has 3 N–H and O–H groups in total. The van der Waals surface area contributed by atoms with Gasteiger partial charge in [0.2, 0.25) is 0 Å². The first-order valence-electron chi connectivity index (χ1n) is 6.12. The van der Waals surface area contributed by atoms with Crippen LogP contribution in [0.15, 0.2) is 42.7 Å². The first-order valence-corrected chi connectivity index (χ1v) is 6.12. The summed E-state index contributed by atoms with van der Waals surface area (Å²) >= 11 is 0. The summed E-state index contributed by atoms with van der Waals surface area (Å²) in [5, 5.41) is 0. The molecule has 1 heterocycles. The molecule has 3 nitrogen and oxygen atoms in total. The average Bonchev–Trinajstić information content (AvgIpc) is 2.36. The first kappa shape index (κ1) is 12.7. The Hall–Kier alpha value is -1.71. The summed E-state index contributed by atoms with van der Waals surface area (Å²) in [6, 6.07) is 10.7. The van der Waals surface area contributed by atoms with Crippen LogP contribution in [0.5, 0.6) is 0 Å². The lowest BCUT2D eigenvalue weighted by Gasteiger charge is -2.16. The van der Waals surface area contributed by atoms with Crippen LogP contribution in [0, 0.1) is 13.8 Å². The molecule has 3 heteroatoms. The molecule has 1 atom stereocenters. The van der Waals surface area contributed by atoms with E-state index in [-0.39, 0.29) is 6.04 Å². The third-order valence-corrected chi connectivity index (χ3v) is 3.01. The summed E-state index contributed by atoms with van der Waals surface area (Å²) in [5.41, 5.74) is 7.84. The number of aryl methyl sites for hydroxylation is 2. The zero-order valence-corrected chi connectivity index (χ0v) is 10.9. The van der Waals surface area contributed by atoms with Gasteiger partial charge in [-0.3, -0.25) is 16.3 Å². The Morgan fingerprint density at radius 1 is 1.22 bits per heavy atom. The van der Waals surface area contributed by atoms with Crippen LogP contribution in [0.2, 0.25) is 0 Å². The number of nitrogens with two attached hydrogens (primary N) is 1. The lowest BCUT2D eigenvalue weighted by atomic mass is 9.98. The van der Waals surface area contributed by atoms with Crippen LogP contribution in [0.25, 0.3) is 0 Å². The smallest absolute Gasteiger partial charge is 0.0515 e. The second kappa shape index (κ2) is 5.76. The van der Waals surface area contributed by atoms with E-state index >= 15 is 0 Å². The highest BCUT2D eigenvalue weighted by atomic mass is 15.2. The molecule has 0 spiro atoms. The van der Waals surface area contributed by atoms with E-state index in [1.807, 2.05) is 18.3 Å². The van der Waals surface area contributed by atoms with E-state index in [0.717, 1.165) is 12.0 Å². The molecule has 0 aliphatic rings. The molecule has 0 aliphatic carbocycles. The SMILES string of the molecule is Cc1cc(C)cc(CC(NN)c2cccnc2)c1. The second-order valence-electron chi connectivity index (χ2n) is 4.71. The van der Waals surface area contributed by atoms with Crippen LogP contribution in [0.3, 0.4) is 0 Å². The van der Waals surface area contributed by atoms with Gasteiger partial charge in [-0.15, -0.1) is 0 Å². The third-order valence-electron chi connectivity index (χ3n) is 3.01. The molecule has 0 fully saturated rings. The molecule has 0 radical (unpaired) electrons. The van der Waals surface area contributed by atoms with Gasteiger partial charge in [0.25, 0.3) is 0 Å². The molecule has 1 aromatic heterocycles. The number of hydrogen-bond acceptors (Lipinski definition) is 3. The molecule has 0 bridgehead atoms. The van der Waals surface area contributed by atoms with Crippen molar-refractivity contribution in [3.05, 3.63) is 65.0 Å². The monoisotopic (exact) mass is 241 g/mol. The zero-order chi connectivity index (χ0) is 13.0. The number of hydrogen-bond donors (Lipinski definition) is 2. The van der Waals surface area contributed by atoms with Crippen molar-refractivity contribution < 1.29 is 0 Å². The van der Waals surface area contributed by atoms with Gasteiger partial charge in [0.15, 0.2) is 0 Å². The highest BCUT2D eigenvalue weighted by Crippen LogP contribution is 2.18. The predicted molar refractivity (Wildman–Crippen MR) is 73.9 cm³/mol. The van der Waals surface area contributed by atoms with E-state index in [1.165, 1.54) is 16.7 Å². The Morgan fingerprint density at radius 2 is 1.94 bits per heavy atom. The van der Waals surface area contributed by atoms with Crippen LogP contribution in [0.4, 0.5) is 0 Å². The zero-order valence-electron chi connectivity index (χ0n) is 10.9. The maximum Gasteiger partial charge on any atom is 0.0515 e. The molecule has 0 aliphatic heterocycles. The number of pyridine rings is 1. The number of nitrogens with zero attached hydrogens (tertiary/aromatic N) is 1. The van der Waals surface area contributed by atoms with Gasteiger partial charge in [-0.05, 0) is 37.5 Å². The van der Waals surface area contributed by atoms with Crippen molar-refractivity contribution >= 4 is 0 Å². The van der Waals surface area contributed by atoms with Gasteiger partial charge in [0, 0.05) is 12.4 Å². The Bertz CT molecular complexity index is 488. The molecule has 0 saturated heterocycles. The van der Waals surface area contributed by atoms with Crippen molar-refractivity contribution in [1.82, 2.24) is 10.4 Å².